The van der Waals surface area contributed by atoms with Gasteiger partial charge in [-0.25, -0.2) is 0 Å². The monoisotopic (exact) mass is 436 g/mol. The van der Waals surface area contributed by atoms with Gasteiger partial charge in [0, 0.05) is 25.0 Å². The Kier molecular flexibility index (Phi) is 5.08. The first-order chi connectivity index (χ1) is 15.0. The van der Waals surface area contributed by atoms with Crippen LogP contribution in [0.15, 0.2) is 42.0 Å². The van der Waals surface area contributed by atoms with Crippen molar-refractivity contribution in [3.63, 3.8) is 0 Å². The van der Waals surface area contributed by atoms with E-state index in [2.05, 4.69) is 17.2 Å². The number of pyridine rings is 1. The minimum Gasteiger partial charge on any atom is -0.351 e. The van der Waals surface area contributed by atoms with Crippen molar-refractivity contribution in [2.45, 2.75) is 64.2 Å². The van der Waals surface area contributed by atoms with Gasteiger partial charge in [0.05, 0.1) is 16.8 Å². The van der Waals surface area contributed by atoms with Crippen molar-refractivity contribution in [2.75, 3.05) is 0 Å². The zero-order valence-electron chi connectivity index (χ0n) is 18.0. The summed E-state index contributed by atoms with van der Waals surface area (Å²) in [5, 5.41) is 5.32. The van der Waals surface area contributed by atoms with Crippen LogP contribution in [0, 0.1) is 5.92 Å². The highest BCUT2D eigenvalue weighted by Gasteiger charge is 2.48. The van der Waals surface area contributed by atoms with Gasteiger partial charge in [-0.1, -0.05) is 13.0 Å². The van der Waals surface area contributed by atoms with Crippen molar-refractivity contribution in [1.29, 1.82) is 0 Å². The molecule has 5 rings (SSSR count). The predicted octanol–water partition coefficient (Wildman–Crippen LogP) is 4.21. The maximum atomic E-state index is 13.7. The van der Waals surface area contributed by atoms with Gasteiger partial charge in [-0.05, 0) is 67.7 Å². The zero-order valence-corrected chi connectivity index (χ0v) is 18.8. The summed E-state index contributed by atoms with van der Waals surface area (Å²) in [4.78, 5) is 33.3. The number of nitrogens with zero attached hydrogens (tertiary/aromatic N) is 3. The zero-order chi connectivity index (χ0) is 21.6. The van der Waals surface area contributed by atoms with Gasteiger partial charge in [0.1, 0.15) is 11.2 Å². The second-order valence-electron chi connectivity index (χ2n) is 9.24. The standard InChI is InChI=1S/C24H28N4O2S/c1-16-5-7-18(8-6-16)26-23(30)24(2)15-27-19-9-11-31-21(19)12-20(27)22(29)28(24)14-17-4-3-10-25-13-17/h3-4,9-13,16,18H,5-8,14-15H2,1-2H3,(H,26,30)/t16?,18?,24-/m0/s1. The molecule has 0 radical (unpaired) electrons. The topological polar surface area (TPSA) is 67.2 Å². The summed E-state index contributed by atoms with van der Waals surface area (Å²) in [5.41, 5.74) is 1.63. The van der Waals surface area contributed by atoms with Crippen molar-refractivity contribution >= 4 is 33.4 Å². The van der Waals surface area contributed by atoms with Crippen LogP contribution < -0.4 is 5.32 Å². The molecule has 4 heterocycles. The summed E-state index contributed by atoms with van der Waals surface area (Å²) < 4.78 is 3.10. The normalized spacial score (nSPS) is 26.1. The van der Waals surface area contributed by atoms with Crippen molar-refractivity contribution in [2.24, 2.45) is 5.92 Å². The number of nitrogens with one attached hydrogen (secondary N) is 1. The third-order valence-corrected chi connectivity index (χ3v) is 7.81. The van der Waals surface area contributed by atoms with Crippen LogP contribution in [0.3, 0.4) is 0 Å². The van der Waals surface area contributed by atoms with E-state index >= 15 is 0 Å². The number of thiophene rings is 1. The number of fused-ring (bicyclic) bond motifs is 3. The largest absolute Gasteiger partial charge is 0.351 e. The summed E-state index contributed by atoms with van der Waals surface area (Å²) >= 11 is 1.62. The first-order valence-electron chi connectivity index (χ1n) is 11.0. The Bertz CT molecular complexity index is 1110. The molecular weight excluding hydrogens is 408 g/mol. The Morgan fingerprint density at radius 3 is 2.84 bits per heavy atom. The lowest BCUT2D eigenvalue weighted by Gasteiger charge is -2.45. The molecule has 1 aliphatic carbocycles. The van der Waals surface area contributed by atoms with Crippen molar-refractivity contribution in [3.8, 4) is 0 Å². The summed E-state index contributed by atoms with van der Waals surface area (Å²) in [5.74, 6) is 0.553. The Morgan fingerprint density at radius 1 is 1.29 bits per heavy atom. The van der Waals surface area contributed by atoms with Crippen molar-refractivity contribution < 1.29 is 9.59 Å². The molecule has 6 nitrogen and oxygen atoms in total. The number of amides is 2. The van der Waals surface area contributed by atoms with Crippen LogP contribution in [0.4, 0.5) is 0 Å². The van der Waals surface area contributed by atoms with Crippen LogP contribution in [-0.4, -0.2) is 37.8 Å². The molecule has 3 aromatic rings. The SMILES string of the molecule is CC1CCC(NC(=O)[C@]2(C)Cn3c(cc4sccc43)C(=O)N2Cc2cccnc2)CC1. The van der Waals surface area contributed by atoms with Gasteiger partial charge >= 0.3 is 0 Å². The summed E-state index contributed by atoms with van der Waals surface area (Å²) in [6, 6.07) is 7.99. The minimum absolute atomic E-state index is 0.0629. The van der Waals surface area contributed by atoms with Gasteiger partial charge in [0.15, 0.2) is 0 Å². The highest BCUT2D eigenvalue weighted by atomic mass is 32.1. The first-order valence-corrected chi connectivity index (χ1v) is 11.9. The molecule has 0 spiro atoms. The molecule has 31 heavy (non-hydrogen) atoms. The number of hydrogen-bond donors (Lipinski definition) is 1. The molecule has 1 aliphatic heterocycles. The maximum Gasteiger partial charge on any atom is 0.271 e. The predicted molar refractivity (Wildman–Crippen MR) is 122 cm³/mol. The number of carbonyl (C=O) groups excluding carboxylic acids is 2. The quantitative estimate of drug-likeness (QED) is 0.666. The molecule has 1 N–H and O–H groups in total. The highest BCUT2D eigenvalue weighted by Crippen LogP contribution is 2.35. The van der Waals surface area contributed by atoms with E-state index in [1.54, 1.807) is 28.6 Å². The van der Waals surface area contributed by atoms with E-state index in [-0.39, 0.29) is 17.9 Å². The molecule has 1 fully saturated rings. The Morgan fingerprint density at radius 2 is 2.10 bits per heavy atom. The molecule has 0 saturated heterocycles. The average molecular weight is 437 g/mol. The van der Waals surface area contributed by atoms with E-state index in [1.807, 2.05) is 41.1 Å². The van der Waals surface area contributed by atoms with Crippen LogP contribution in [0.5, 0.6) is 0 Å². The number of carbonyl (C=O) groups is 2. The average Bonchev–Trinajstić information content (AvgIpc) is 3.36. The second-order valence-corrected chi connectivity index (χ2v) is 10.2. The molecule has 3 aromatic heterocycles. The third kappa shape index (κ3) is 3.55. The van der Waals surface area contributed by atoms with Crippen LogP contribution in [0.2, 0.25) is 0 Å². The molecule has 1 atom stereocenters. The number of aromatic nitrogens is 2. The van der Waals surface area contributed by atoms with E-state index in [4.69, 9.17) is 0 Å². The van der Waals surface area contributed by atoms with Crippen LogP contribution in [0.25, 0.3) is 10.2 Å². The molecule has 1 saturated carbocycles. The van der Waals surface area contributed by atoms with Crippen molar-refractivity contribution in [3.05, 3.63) is 53.3 Å². The van der Waals surface area contributed by atoms with Crippen LogP contribution >= 0.6 is 11.3 Å². The third-order valence-electron chi connectivity index (χ3n) is 6.95. The van der Waals surface area contributed by atoms with Gasteiger partial charge in [-0.2, -0.15) is 0 Å². The maximum absolute atomic E-state index is 13.7. The Hall–Kier alpha value is -2.67. The van der Waals surface area contributed by atoms with Gasteiger partial charge in [0.2, 0.25) is 5.91 Å². The number of hydrogen-bond acceptors (Lipinski definition) is 4. The fourth-order valence-corrected chi connectivity index (χ4v) is 5.76. The van der Waals surface area contributed by atoms with E-state index in [1.165, 1.54) is 0 Å². The second kappa shape index (κ2) is 7.79. The first kappa shape index (κ1) is 20.2. The van der Waals surface area contributed by atoms with E-state index < -0.39 is 5.54 Å². The minimum atomic E-state index is -0.975. The van der Waals surface area contributed by atoms with Gasteiger partial charge in [-0.15, -0.1) is 11.3 Å². The lowest BCUT2D eigenvalue weighted by atomic mass is 9.86. The summed E-state index contributed by atoms with van der Waals surface area (Å²) in [6.45, 7) is 4.98. The number of rotatable bonds is 4. The highest BCUT2D eigenvalue weighted by molar-refractivity contribution is 7.17. The van der Waals surface area contributed by atoms with Crippen molar-refractivity contribution in [1.82, 2.24) is 19.8 Å². The van der Waals surface area contributed by atoms with Gasteiger partial charge in [-0.3, -0.25) is 14.6 Å². The summed E-state index contributed by atoms with van der Waals surface area (Å²) in [6.07, 6.45) is 7.76. The van der Waals surface area contributed by atoms with E-state index in [9.17, 15) is 9.59 Å². The molecular formula is C24H28N4O2S. The lowest BCUT2D eigenvalue weighted by Crippen LogP contribution is -2.64. The fourth-order valence-electron chi connectivity index (χ4n) is 4.94. The van der Waals surface area contributed by atoms with Crippen LogP contribution in [0.1, 0.15) is 55.6 Å². The molecule has 7 heteroatoms. The molecule has 0 unspecified atom stereocenters. The van der Waals surface area contributed by atoms with E-state index in [0.29, 0.717) is 18.8 Å². The molecule has 2 amide bonds. The lowest BCUT2D eigenvalue weighted by molar-refractivity contribution is -0.134. The smallest absolute Gasteiger partial charge is 0.271 e. The molecule has 162 valence electrons. The Labute approximate surface area is 186 Å². The Balaban J connectivity index is 1.50. The van der Waals surface area contributed by atoms with Gasteiger partial charge < -0.3 is 14.8 Å². The van der Waals surface area contributed by atoms with Gasteiger partial charge in [0.25, 0.3) is 5.91 Å². The fraction of sp³-hybridized carbons (Fsp3) is 0.458. The van der Waals surface area contributed by atoms with Crippen LogP contribution in [-0.2, 0) is 17.9 Å². The van der Waals surface area contributed by atoms with E-state index in [0.717, 1.165) is 47.4 Å². The summed E-state index contributed by atoms with van der Waals surface area (Å²) in [7, 11) is 0. The molecule has 0 aromatic carbocycles. The molecule has 2 aliphatic rings. The molecule has 0 bridgehead atoms.